The molecule has 21 heavy (non-hydrogen) atoms. The fourth-order valence-electron chi connectivity index (χ4n) is 3.60. The lowest BCUT2D eigenvalue weighted by Crippen LogP contribution is -2.44. The summed E-state index contributed by atoms with van der Waals surface area (Å²) in [6.45, 7) is 2.09. The van der Waals surface area contributed by atoms with Crippen molar-refractivity contribution in [3.05, 3.63) is 0 Å². The molecule has 2 amide bonds. The first-order valence-corrected chi connectivity index (χ1v) is 8.15. The van der Waals surface area contributed by atoms with Gasteiger partial charge in [-0.2, -0.15) is 0 Å². The van der Waals surface area contributed by atoms with Gasteiger partial charge in [-0.15, -0.1) is 0 Å². The third-order valence-electron chi connectivity index (χ3n) is 4.91. The molecule has 120 valence electrons. The molecular weight excluding hydrogens is 266 g/mol. The summed E-state index contributed by atoms with van der Waals surface area (Å²) >= 11 is 0. The van der Waals surface area contributed by atoms with Crippen LogP contribution in [0.25, 0.3) is 0 Å². The first-order chi connectivity index (χ1) is 9.97. The minimum Gasteiger partial charge on any atom is -0.345 e. The van der Waals surface area contributed by atoms with Crippen molar-refractivity contribution < 1.29 is 9.59 Å². The molecule has 2 rings (SSSR count). The molecule has 1 saturated heterocycles. The molecule has 0 unspecified atom stereocenters. The lowest BCUT2D eigenvalue weighted by atomic mass is 9.94. The lowest BCUT2D eigenvalue weighted by molar-refractivity contribution is -0.133. The SMILES string of the molecule is CN(CC(=O)N(C)C1CCCCC1)C[C@@H]1CC(=O)N(C)C1. The van der Waals surface area contributed by atoms with E-state index in [0.29, 0.717) is 24.9 Å². The van der Waals surface area contributed by atoms with E-state index in [1.807, 2.05) is 26.0 Å². The molecule has 2 aliphatic rings. The Morgan fingerprint density at radius 2 is 1.90 bits per heavy atom. The van der Waals surface area contributed by atoms with Gasteiger partial charge in [0, 0.05) is 39.6 Å². The van der Waals surface area contributed by atoms with Gasteiger partial charge >= 0.3 is 0 Å². The van der Waals surface area contributed by atoms with E-state index in [9.17, 15) is 9.59 Å². The minimum absolute atomic E-state index is 0.210. The van der Waals surface area contributed by atoms with Gasteiger partial charge in [-0.25, -0.2) is 0 Å². The first kappa shape index (κ1) is 16.3. The normalized spacial score (nSPS) is 23.9. The highest BCUT2D eigenvalue weighted by atomic mass is 16.2. The van der Waals surface area contributed by atoms with Crippen LogP contribution in [0.3, 0.4) is 0 Å². The molecule has 1 aliphatic heterocycles. The van der Waals surface area contributed by atoms with Gasteiger partial charge in [-0.1, -0.05) is 19.3 Å². The molecule has 2 fully saturated rings. The molecule has 1 atom stereocenters. The van der Waals surface area contributed by atoms with Gasteiger partial charge in [0.2, 0.25) is 11.8 Å². The van der Waals surface area contributed by atoms with Crippen molar-refractivity contribution in [2.75, 3.05) is 40.8 Å². The van der Waals surface area contributed by atoms with Gasteiger partial charge in [0.05, 0.1) is 6.54 Å². The molecule has 1 aliphatic carbocycles. The Morgan fingerprint density at radius 1 is 1.24 bits per heavy atom. The maximum atomic E-state index is 12.4. The van der Waals surface area contributed by atoms with Gasteiger partial charge < -0.3 is 9.80 Å². The van der Waals surface area contributed by atoms with Crippen LogP contribution < -0.4 is 0 Å². The van der Waals surface area contributed by atoms with Crippen LogP contribution >= 0.6 is 0 Å². The van der Waals surface area contributed by atoms with Crippen LogP contribution in [0.1, 0.15) is 38.5 Å². The predicted octanol–water partition coefficient (Wildman–Crippen LogP) is 1.19. The molecule has 0 aromatic rings. The zero-order chi connectivity index (χ0) is 15.4. The van der Waals surface area contributed by atoms with E-state index in [1.165, 1.54) is 19.3 Å². The molecule has 0 radical (unpaired) electrons. The van der Waals surface area contributed by atoms with Gasteiger partial charge in [0.25, 0.3) is 0 Å². The van der Waals surface area contributed by atoms with E-state index in [0.717, 1.165) is 25.9 Å². The average molecular weight is 295 g/mol. The van der Waals surface area contributed by atoms with Crippen molar-refractivity contribution in [3.8, 4) is 0 Å². The quantitative estimate of drug-likeness (QED) is 0.765. The topological polar surface area (TPSA) is 43.9 Å². The van der Waals surface area contributed by atoms with Crippen LogP contribution in [0.4, 0.5) is 0 Å². The lowest BCUT2D eigenvalue weighted by Gasteiger charge is -2.32. The molecular formula is C16H29N3O2. The highest BCUT2D eigenvalue weighted by Gasteiger charge is 2.28. The van der Waals surface area contributed by atoms with E-state index in [2.05, 4.69) is 4.90 Å². The average Bonchev–Trinajstić information content (AvgIpc) is 2.77. The summed E-state index contributed by atoms with van der Waals surface area (Å²) in [4.78, 5) is 29.7. The fraction of sp³-hybridized carbons (Fsp3) is 0.875. The van der Waals surface area contributed by atoms with Crippen molar-refractivity contribution in [1.82, 2.24) is 14.7 Å². The van der Waals surface area contributed by atoms with Crippen LogP contribution in [0.2, 0.25) is 0 Å². The zero-order valence-electron chi connectivity index (χ0n) is 13.7. The maximum absolute atomic E-state index is 12.4. The van der Waals surface area contributed by atoms with Crippen molar-refractivity contribution in [2.24, 2.45) is 5.92 Å². The van der Waals surface area contributed by atoms with Crippen LogP contribution in [0.5, 0.6) is 0 Å². The molecule has 0 N–H and O–H groups in total. The van der Waals surface area contributed by atoms with E-state index < -0.39 is 0 Å². The Balaban J connectivity index is 1.75. The summed E-state index contributed by atoms with van der Waals surface area (Å²) in [5, 5.41) is 0. The zero-order valence-corrected chi connectivity index (χ0v) is 13.7. The highest BCUT2D eigenvalue weighted by Crippen LogP contribution is 2.22. The fourth-order valence-corrected chi connectivity index (χ4v) is 3.60. The standard InChI is InChI=1S/C16H29N3O2/c1-17(10-13-9-15(20)18(2)11-13)12-16(21)19(3)14-7-5-4-6-8-14/h13-14H,4-12H2,1-3H3/t13-/m0/s1. The summed E-state index contributed by atoms with van der Waals surface area (Å²) in [5.41, 5.74) is 0. The Kier molecular flexibility index (Phi) is 5.62. The van der Waals surface area contributed by atoms with Crippen molar-refractivity contribution in [3.63, 3.8) is 0 Å². The number of rotatable bonds is 5. The minimum atomic E-state index is 0.210. The molecule has 0 aromatic heterocycles. The number of nitrogens with zero attached hydrogens (tertiary/aromatic N) is 3. The van der Waals surface area contributed by atoms with E-state index in [4.69, 9.17) is 0 Å². The maximum Gasteiger partial charge on any atom is 0.236 e. The molecule has 0 aromatic carbocycles. The molecule has 5 heteroatoms. The largest absolute Gasteiger partial charge is 0.345 e. The summed E-state index contributed by atoms with van der Waals surface area (Å²) in [6, 6.07) is 0.429. The number of carbonyl (C=O) groups excluding carboxylic acids is 2. The number of hydrogen-bond donors (Lipinski definition) is 0. The number of likely N-dealkylation sites (N-methyl/N-ethyl adjacent to an activating group) is 2. The molecule has 1 heterocycles. The summed E-state index contributed by atoms with van der Waals surface area (Å²) in [6.07, 6.45) is 6.71. The Bertz CT molecular complexity index is 380. The Morgan fingerprint density at radius 3 is 2.48 bits per heavy atom. The predicted molar refractivity (Wildman–Crippen MR) is 82.9 cm³/mol. The third-order valence-corrected chi connectivity index (χ3v) is 4.91. The van der Waals surface area contributed by atoms with Gasteiger partial charge in [0.1, 0.15) is 0 Å². The molecule has 0 bridgehead atoms. The summed E-state index contributed by atoms with van der Waals surface area (Å²) in [5.74, 6) is 0.793. The first-order valence-electron chi connectivity index (χ1n) is 8.15. The smallest absolute Gasteiger partial charge is 0.236 e. The van der Waals surface area contributed by atoms with E-state index in [-0.39, 0.29) is 11.8 Å². The van der Waals surface area contributed by atoms with Crippen LogP contribution in [-0.2, 0) is 9.59 Å². The second-order valence-electron chi connectivity index (χ2n) is 6.84. The van der Waals surface area contributed by atoms with Gasteiger partial charge in [0.15, 0.2) is 0 Å². The number of hydrogen-bond acceptors (Lipinski definition) is 3. The monoisotopic (exact) mass is 295 g/mol. The van der Waals surface area contributed by atoms with Gasteiger partial charge in [-0.05, 0) is 25.8 Å². The van der Waals surface area contributed by atoms with Crippen molar-refractivity contribution in [1.29, 1.82) is 0 Å². The molecule has 5 nitrogen and oxygen atoms in total. The van der Waals surface area contributed by atoms with Crippen LogP contribution in [0.15, 0.2) is 0 Å². The van der Waals surface area contributed by atoms with Crippen LogP contribution in [-0.4, -0.2) is 73.3 Å². The number of amides is 2. The molecule has 1 saturated carbocycles. The third kappa shape index (κ3) is 4.43. The Hall–Kier alpha value is -1.10. The summed E-state index contributed by atoms with van der Waals surface area (Å²) < 4.78 is 0. The van der Waals surface area contributed by atoms with E-state index >= 15 is 0 Å². The summed E-state index contributed by atoms with van der Waals surface area (Å²) in [7, 11) is 5.78. The Labute approximate surface area is 128 Å². The second kappa shape index (κ2) is 7.25. The van der Waals surface area contributed by atoms with Crippen molar-refractivity contribution >= 4 is 11.8 Å². The van der Waals surface area contributed by atoms with E-state index in [1.54, 1.807) is 4.90 Å². The number of likely N-dealkylation sites (tertiary alicyclic amines) is 1. The molecule has 0 spiro atoms. The number of carbonyl (C=O) groups is 2. The van der Waals surface area contributed by atoms with Crippen molar-refractivity contribution in [2.45, 2.75) is 44.6 Å². The van der Waals surface area contributed by atoms with Crippen LogP contribution in [0, 0.1) is 5.92 Å². The van der Waals surface area contributed by atoms with Gasteiger partial charge in [-0.3, -0.25) is 14.5 Å². The highest BCUT2D eigenvalue weighted by molar-refractivity contribution is 5.79. The second-order valence-corrected chi connectivity index (χ2v) is 6.84.